The van der Waals surface area contributed by atoms with Crippen LogP contribution in [0.15, 0.2) is 18.2 Å². The molecule has 0 spiro atoms. The second kappa shape index (κ2) is 7.71. The Kier molecular flexibility index (Phi) is 5.37. The number of benzene rings is 1. The smallest absolute Gasteiger partial charge is 0.308 e. The molecule has 4 rings (SSSR count). The van der Waals surface area contributed by atoms with Crippen molar-refractivity contribution in [2.45, 2.75) is 77.9 Å². The highest BCUT2D eigenvalue weighted by Crippen LogP contribution is 2.63. The van der Waals surface area contributed by atoms with Crippen LogP contribution in [0.2, 0.25) is 0 Å². The molecule has 0 saturated heterocycles. The molecule has 1 aromatic carbocycles. The van der Waals surface area contributed by atoms with Crippen LogP contribution in [-0.2, 0) is 23.9 Å². The maximum Gasteiger partial charge on any atom is 0.308 e. The van der Waals surface area contributed by atoms with Gasteiger partial charge in [-0.3, -0.25) is 14.4 Å². The Morgan fingerprint density at radius 3 is 2.33 bits per heavy atom. The molecule has 3 aliphatic carbocycles. The topological polar surface area (TPSA) is 78.9 Å². The van der Waals surface area contributed by atoms with E-state index in [1.165, 1.54) is 26.3 Å². The van der Waals surface area contributed by atoms with Gasteiger partial charge in [0.05, 0.1) is 0 Å². The van der Waals surface area contributed by atoms with Gasteiger partial charge in [-0.1, -0.05) is 13.0 Å². The van der Waals surface area contributed by atoms with Crippen molar-refractivity contribution >= 4 is 17.9 Å². The minimum absolute atomic E-state index is 0.0389. The van der Waals surface area contributed by atoms with Crippen LogP contribution in [-0.4, -0.2) is 24.0 Å². The molecule has 6 atom stereocenters. The maximum absolute atomic E-state index is 11.8. The first kappa shape index (κ1) is 20.9. The number of hydrogen-bond acceptors (Lipinski definition) is 6. The van der Waals surface area contributed by atoms with Gasteiger partial charge in [0, 0.05) is 26.2 Å². The highest BCUT2D eigenvalue weighted by Gasteiger charge is 2.57. The molecule has 0 aromatic heterocycles. The lowest BCUT2D eigenvalue weighted by Gasteiger charge is -2.51. The molecule has 2 fully saturated rings. The van der Waals surface area contributed by atoms with E-state index >= 15 is 0 Å². The minimum Gasteiger partial charge on any atom is -0.462 e. The molecule has 3 aliphatic rings. The van der Waals surface area contributed by atoms with Gasteiger partial charge in [-0.15, -0.1) is 0 Å². The number of fused-ring (bicyclic) bond motifs is 5. The van der Waals surface area contributed by atoms with Gasteiger partial charge in [0.1, 0.15) is 18.0 Å². The molecule has 0 aliphatic heterocycles. The molecule has 0 unspecified atom stereocenters. The van der Waals surface area contributed by atoms with Gasteiger partial charge >= 0.3 is 17.9 Å². The number of carbonyl (C=O) groups is 3. The molecular weight excluding hydrogens is 384 g/mol. The van der Waals surface area contributed by atoms with Crippen molar-refractivity contribution in [1.29, 1.82) is 0 Å². The Morgan fingerprint density at radius 1 is 0.933 bits per heavy atom. The number of esters is 3. The SMILES string of the molecule is CC(=O)Oc1ccc2c(c1)[C@@H](OC(C)=O)C[C@H]1[C@@H]2CC[C@@]2(C)[C@@H](OC(C)=O)CC[C@H]12. The Bertz CT molecular complexity index is 876. The number of rotatable bonds is 3. The summed E-state index contributed by atoms with van der Waals surface area (Å²) in [6.45, 7) is 6.55. The van der Waals surface area contributed by atoms with Crippen molar-refractivity contribution in [2.24, 2.45) is 17.3 Å². The van der Waals surface area contributed by atoms with E-state index < -0.39 is 0 Å². The van der Waals surface area contributed by atoms with Crippen molar-refractivity contribution in [2.75, 3.05) is 0 Å². The fourth-order valence-corrected chi connectivity index (χ4v) is 6.43. The molecule has 2 saturated carbocycles. The summed E-state index contributed by atoms with van der Waals surface area (Å²) in [6.07, 6.45) is 4.25. The molecule has 0 heterocycles. The predicted octanol–water partition coefficient (Wildman–Crippen LogP) is 4.46. The molecular formula is C24H30O6. The second-order valence-electron chi connectivity index (χ2n) is 9.31. The molecule has 6 nitrogen and oxygen atoms in total. The summed E-state index contributed by atoms with van der Waals surface area (Å²) < 4.78 is 16.7. The van der Waals surface area contributed by atoms with Crippen LogP contribution in [0.3, 0.4) is 0 Å². The number of carbonyl (C=O) groups excluding carboxylic acids is 3. The average molecular weight is 414 g/mol. The summed E-state index contributed by atoms with van der Waals surface area (Å²) in [6, 6.07) is 5.71. The molecule has 0 amide bonds. The van der Waals surface area contributed by atoms with Crippen molar-refractivity contribution in [3.63, 3.8) is 0 Å². The van der Waals surface area contributed by atoms with Gasteiger partial charge in [0.15, 0.2) is 0 Å². The van der Waals surface area contributed by atoms with Gasteiger partial charge in [-0.2, -0.15) is 0 Å². The van der Waals surface area contributed by atoms with Crippen LogP contribution in [0.1, 0.15) is 82.9 Å². The van der Waals surface area contributed by atoms with E-state index in [0.29, 0.717) is 23.5 Å². The zero-order valence-corrected chi connectivity index (χ0v) is 18.1. The average Bonchev–Trinajstić information content (AvgIpc) is 2.97. The monoisotopic (exact) mass is 414 g/mol. The fraction of sp³-hybridized carbons (Fsp3) is 0.625. The van der Waals surface area contributed by atoms with E-state index in [1.807, 2.05) is 18.2 Å². The third-order valence-corrected chi connectivity index (χ3v) is 7.52. The van der Waals surface area contributed by atoms with Crippen molar-refractivity contribution in [3.05, 3.63) is 29.3 Å². The lowest BCUT2D eigenvalue weighted by molar-refractivity contribution is -0.157. The number of ether oxygens (including phenoxy) is 3. The summed E-state index contributed by atoms with van der Waals surface area (Å²) in [5.74, 6) is 0.726. The van der Waals surface area contributed by atoms with Crippen LogP contribution < -0.4 is 4.74 Å². The van der Waals surface area contributed by atoms with E-state index in [-0.39, 0.29) is 35.5 Å². The first-order valence-electron chi connectivity index (χ1n) is 10.9. The van der Waals surface area contributed by atoms with Gasteiger partial charge in [0.2, 0.25) is 0 Å². The van der Waals surface area contributed by atoms with E-state index in [9.17, 15) is 14.4 Å². The molecule has 0 radical (unpaired) electrons. The second-order valence-corrected chi connectivity index (χ2v) is 9.31. The Balaban J connectivity index is 1.69. The largest absolute Gasteiger partial charge is 0.462 e. The van der Waals surface area contributed by atoms with E-state index in [4.69, 9.17) is 14.2 Å². The maximum atomic E-state index is 11.8. The molecule has 0 N–H and O–H groups in total. The highest BCUT2D eigenvalue weighted by molar-refractivity contribution is 5.70. The first-order chi connectivity index (χ1) is 14.2. The lowest BCUT2D eigenvalue weighted by Crippen LogP contribution is -2.45. The van der Waals surface area contributed by atoms with Crippen LogP contribution in [0.25, 0.3) is 0 Å². The zero-order valence-electron chi connectivity index (χ0n) is 18.1. The molecule has 6 heteroatoms. The molecule has 1 aromatic rings. The third-order valence-electron chi connectivity index (χ3n) is 7.52. The van der Waals surface area contributed by atoms with Crippen molar-refractivity contribution in [3.8, 4) is 5.75 Å². The standard InChI is InChI=1S/C24H30O6/c1-13(25)28-16-5-6-17-18-9-10-24(4)21(7-8-23(24)30-15(3)27)19(18)12-22(20(17)11-16)29-14(2)26/h5-6,11,18-19,21-23H,7-10,12H2,1-4H3/t18-,19+,21-,22+,23+,24-/m1/s1. The quantitative estimate of drug-likeness (QED) is 0.537. The van der Waals surface area contributed by atoms with Gasteiger partial charge < -0.3 is 14.2 Å². The van der Waals surface area contributed by atoms with E-state index in [2.05, 4.69) is 6.92 Å². The van der Waals surface area contributed by atoms with Crippen LogP contribution in [0, 0.1) is 17.3 Å². The van der Waals surface area contributed by atoms with Crippen LogP contribution in [0.5, 0.6) is 5.75 Å². The Hall–Kier alpha value is -2.37. The lowest BCUT2D eigenvalue weighted by atomic mass is 9.55. The summed E-state index contributed by atoms with van der Waals surface area (Å²) in [7, 11) is 0. The van der Waals surface area contributed by atoms with Gasteiger partial charge in [0.25, 0.3) is 0 Å². The molecule has 30 heavy (non-hydrogen) atoms. The van der Waals surface area contributed by atoms with E-state index in [0.717, 1.165) is 37.7 Å². The van der Waals surface area contributed by atoms with Gasteiger partial charge in [-0.25, -0.2) is 0 Å². The molecule has 0 bridgehead atoms. The number of hydrogen-bond donors (Lipinski definition) is 0. The fourth-order valence-electron chi connectivity index (χ4n) is 6.43. The van der Waals surface area contributed by atoms with Crippen molar-refractivity contribution < 1.29 is 28.6 Å². The Labute approximate surface area is 177 Å². The Morgan fingerprint density at radius 2 is 1.67 bits per heavy atom. The summed E-state index contributed by atoms with van der Waals surface area (Å²) in [4.78, 5) is 34.9. The third kappa shape index (κ3) is 3.61. The highest BCUT2D eigenvalue weighted by atomic mass is 16.5. The molecule has 162 valence electrons. The summed E-state index contributed by atoms with van der Waals surface area (Å²) in [5, 5.41) is 0. The predicted molar refractivity (Wildman–Crippen MR) is 109 cm³/mol. The normalized spacial score (nSPS) is 34.2. The first-order valence-corrected chi connectivity index (χ1v) is 10.9. The van der Waals surface area contributed by atoms with Crippen LogP contribution >= 0.6 is 0 Å². The summed E-state index contributed by atoms with van der Waals surface area (Å²) in [5.41, 5.74) is 2.10. The zero-order chi connectivity index (χ0) is 21.6. The van der Waals surface area contributed by atoms with Crippen LogP contribution in [0.4, 0.5) is 0 Å². The van der Waals surface area contributed by atoms with E-state index in [1.54, 1.807) is 0 Å². The van der Waals surface area contributed by atoms with Gasteiger partial charge in [-0.05, 0) is 73.1 Å². The summed E-state index contributed by atoms with van der Waals surface area (Å²) >= 11 is 0. The minimum atomic E-state index is -0.372. The van der Waals surface area contributed by atoms with Crippen molar-refractivity contribution in [1.82, 2.24) is 0 Å².